The summed E-state index contributed by atoms with van der Waals surface area (Å²) in [6, 6.07) is 0.930. The van der Waals surface area contributed by atoms with Crippen LogP contribution in [-0.2, 0) is 7.05 Å². The number of nitrogens with one attached hydrogen (secondary N) is 1. The predicted octanol–water partition coefficient (Wildman–Crippen LogP) is 3.07. The number of aryl methyl sites for hydroxylation is 1. The maximum atomic E-state index is 4.20. The second kappa shape index (κ2) is 6.51. The first kappa shape index (κ1) is 14.5. The average Bonchev–Trinajstić information content (AvgIpc) is 2.75. The van der Waals surface area contributed by atoms with E-state index in [2.05, 4.69) is 36.3 Å². The summed E-state index contributed by atoms with van der Waals surface area (Å²) < 4.78 is 2.01. The van der Waals surface area contributed by atoms with E-state index in [0.29, 0.717) is 6.04 Å². The molecule has 0 radical (unpaired) electrons. The van der Waals surface area contributed by atoms with Crippen LogP contribution in [0.15, 0.2) is 6.33 Å². The molecule has 1 fully saturated rings. The van der Waals surface area contributed by atoms with E-state index < -0.39 is 0 Å². The van der Waals surface area contributed by atoms with Crippen molar-refractivity contribution in [3.05, 3.63) is 12.2 Å². The highest BCUT2D eigenvalue weighted by atomic mass is 15.3. The molecule has 1 heterocycles. The SMILES string of the molecule is CC(C)CC1CCCC(NC(C)c2nncn2C)C1. The van der Waals surface area contributed by atoms with Gasteiger partial charge in [0.2, 0.25) is 0 Å². The molecule has 108 valence electrons. The van der Waals surface area contributed by atoms with Crippen LogP contribution >= 0.6 is 0 Å². The summed E-state index contributed by atoms with van der Waals surface area (Å²) in [5.74, 6) is 2.75. The molecular weight excluding hydrogens is 236 g/mol. The Labute approximate surface area is 117 Å². The molecule has 2 rings (SSSR count). The van der Waals surface area contributed by atoms with E-state index >= 15 is 0 Å². The summed E-state index contributed by atoms with van der Waals surface area (Å²) in [5, 5.41) is 11.9. The molecule has 0 aliphatic heterocycles. The summed E-state index contributed by atoms with van der Waals surface area (Å²) in [5.41, 5.74) is 0. The Balaban J connectivity index is 1.87. The molecule has 3 atom stereocenters. The van der Waals surface area contributed by atoms with Crippen LogP contribution in [-0.4, -0.2) is 20.8 Å². The fraction of sp³-hybridized carbons (Fsp3) is 0.867. The minimum absolute atomic E-state index is 0.287. The van der Waals surface area contributed by atoms with Gasteiger partial charge in [0.25, 0.3) is 0 Å². The minimum atomic E-state index is 0.287. The van der Waals surface area contributed by atoms with E-state index in [-0.39, 0.29) is 6.04 Å². The van der Waals surface area contributed by atoms with Crippen molar-refractivity contribution in [1.29, 1.82) is 0 Å². The second-order valence-corrected chi connectivity index (χ2v) is 6.55. The Hall–Kier alpha value is -0.900. The van der Waals surface area contributed by atoms with Gasteiger partial charge in [0.05, 0.1) is 6.04 Å². The van der Waals surface area contributed by atoms with Crippen molar-refractivity contribution in [3.8, 4) is 0 Å². The monoisotopic (exact) mass is 264 g/mol. The lowest BCUT2D eigenvalue weighted by Crippen LogP contribution is -2.37. The van der Waals surface area contributed by atoms with Crippen LogP contribution in [0, 0.1) is 11.8 Å². The molecule has 0 amide bonds. The standard InChI is InChI=1S/C15H28N4/c1-11(2)8-13-6-5-7-14(9-13)17-12(3)15-18-16-10-19(15)4/h10-14,17H,5-9H2,1-4H3. The number of aromatic nitrogens is 3. The van der Waals surface area contributed by atoms with E-state index in [4.69, 9.17) is 0 Å². The van der Waals surface area contributed by atoms with Crippen molar-refractivity contribution in [2.75, 3.05) is 0 Å². The first-order valence-electron chi connectivity index (χ1n) is 7.66. The van der Waals surface area contributed by atoms with E-state index in [1.54, 1.807) is 6.33 Å². The zero-order valence-corrected chi connectivity index (χ0v) is 12.8. The summed E-state index contributed by atoms with van der Waals surface area (Å²) in [7, 11) is 2.01. The van der Waals surface area contributed by atoms with Crippen molar-refractivity contribution in [1.82, 2.24) is 20.1 Å². The first-order valence-corrected chi connectivity index (χ1v) is 7.66. The molecule has 0 aromatic carbocycles. The third-order valence-electron chi connectivity index (χ3n) is 4.21. The lowest BCUT2D eigenvalue weighted by molar-refractivity contribution is 0.240. The Morgan fingerprint density at radius 3 is 2.79 bits per heavy atom. The number of hydrogen-bond acceptors (Lipinski definition) is 3. The van der Waals surface area contributed by atoms with Crippen molar-refractivity contribution >= 4 is 0 Å². The normalized spacial score (nSPS) is 25.7. The fourth-order valence-corrected chi connectivity index (χ4v) is 3.44. The lowest BCUT2D eigenvalue weighted by Gasteiger charge is -2.32. The summed E-state index contributed by atoms with van der Waals surface area (Å²) in [6.45, 7) is 6.86. The molecule has 1 aliphatic rings. The molecule has 4 heteroatoms. The highest BCUT2D eigenvalue weighted by molar-refractivity contribution is 4.94. The quantitative estimate of drug-likeness (QED) is 0.888. The van der Waals surface area contributed by atoms with Gasteiger partial charge < -0.3 is 9.88 Å². The van der Waals surface area contributed by atoms with E-state index in [9.17, 15) is 0 Å². The summed E-state index contributed by atoms with van der Waals surface area (Å²) in [4.78, 5) is 0. The second-order valence-electron chi connectivity index (χ2n) is 6.55. The Morgan fingerprint density at radius 1 is 1.37 bits per heavy atom. The van der Waals surface area contributed by atoms with Crippen LogP contribution in [0.2, 0.25) is 0 Å². The minimum Gasteiger partial charge on any atom is -0.319 e. The van der Waals surface area contributed by atoms with Gasteiger partial charge in [-0.2, -0.15) is 0 Å². The van der Waals surface area contributed by atoms with Gasteiger partial charge in [0.1, 0.15) is 12.2 Å². The molecule has 1 aliphatic carbocycles. The molecule has 0 bridgehead atoms. The van der Waals surface area contributed by atoms with E-state index in [1.807, 2.05) is 11.6 Å². The van der Waals surface area contributed by atoms with Gasteiger partial charge in [0.15, 0.2) is 0 Å². The molecule has 1 aromatic heterocycles. The van der Waals surface area contributed by atoms with E-state index in [1.165, 1.54) is 32.1 Å². The smallest absolute Gasteiger partial charge is 0.149 e. The van der Waals surface area contributed by atoms with Gasteiger partial charge in [-0.25, -0.2) is 0 Å². The third-order valence-corrected chi connectivity index (χ3v) is 4.21. The van der Waals surface area contributed by atoms with Gasteiger partial charge in [-0.1, -0.05) is 26.7 Å². The lowest BCUT2D eigenvalue weighted by atomic mass is 9.81. The average molecular weight is 264 g/mol. The number of rotatable bonds is 5. The zero-order chi connectivity index (χ0) is 13.8. The van der Waals surface area contributed by atoms with Crippen LogP contribution < -0.4 is 5.32 Å². The topological polar surface area (TPSA) is 42.7 Å². The number of hydrogen-bond donors (Lipinski definition) is 1. The highest BCUT2D eigenvalue weighted by Crippen LogP contribution is 2.30. The van der Waals surface area contributed by atoms with E-state index in [0.717, 1.165) is 17.7 Å². The molecule has 4 nitrogen and oxygen atoms in total. The van der Waals surface area contributed by atoms with Crippen LogP contribution in [0.5, 0.6) is 0 Å². The molecule has 1 saturated carbocycles. The van der Waals surface area contributed by atoms with Gasteiger partial charge >= 0.3 is 0 Å². The van der Waals surface area contributed by atoms with Gasteiger partial charge in [-0.3, -0.25) is 0 Å². The largest absolute Gasteiger partial charge is 0.319 e. The Bertz CT molecular complexity index is 385. The summed E-state index contributed by atoms with van der Waals surface area (Å²) in [6.07, 6.45) is 8.54. The van der Waals surface area contributed by atoms with Crippen LogP contribution in [0.4, 0.5) is 0 Å². The fourth-order valence-electron chi connectivity index (χ4n) is 3.44. The van der Waals surface area contributed by atoms with Crippen molar-refractivity contribution in [2.45, 2.75) is 65.0 Å². The van der Waals surface area contributed by atoms with Crippen LogP contribution in [0.1, 0.15) is 64.7 Å². The maximum Gasteiger partial charge on any atom is 0.149 e. The Morgan fingerprint density at radius 2 is 2.16 bits per heavy atom. The van der Waals surface area contributed by atoms with Crippen molar-refractivity contribution < 1.29 is 0 Å². The molecule has 0 saturated heterocycles. The molecule has 19 heavy (non-hydrogen) atoms. The molecule has 3 unspecified atom stereocenters. The maximum absolute atomic E-state index is 4.20. The van der Waals surface area contributed by atoms with Gasteiger partial charge in [0, 0.05) is 13.1 Å². The van der Waals surface area contributed by atoms with Gasteiger partial charge in [-0.05, 0) is 38.0 Å². The zero-order valence-electron chi connectivity index (χ0n) is 12.8. The van der Waals surface area contributed by atoms with Crippen LogP contribution in [0.25, 0.3) is 0 Å². The third kappa shape index (κ3) is 4.03. The molecular formula is C15H28N4. The van der Waals surface area contributed by atoms with Crippen molar-refractivity contribution in [3.63, 3.8) is 0 Å². The first-order chi connectivity index (χ1) is 9.06. The molecule has 1 aromatic rings. The number of nitrogens with zero attached hydrogens (tertiary/aromatic N) is 3. The van der Waals surface area contributed by atoms with Crippen LogP contribution in [0.3, 0.4) is 0 Å². The van der Waals surface area contributed by atoms with Crippen molar-refractivity contribution in [2.24, 2.45) is 18.9 Å². The predicted molar refractivity (Wildman–Crippen MR) is 77.8 cm³/mol. The Kier molecular flexibility index (Phi) is 4.97. The molecule has 1 N–H and O–H groups in total. The summed E-state index contributed by atoms with van der Waals surface area (Å²) >= 11 is 0. The van der Waals surface area contributed by atoms with Gasteiger partial charge in [-0.15, -0.1) is 10.2 Å². The molecule has 0 spiro atoms. The highest BCUT2D eigenvalue weighted by Gasteiger charge is 2.24.